The minimum absolute atomic E-state index is 0.0540. The summed E-state index contributed by atoms with van der Waals surface area (Å²) in [6.45, 7) is 5.55. The molecule has 4 nitrogen and oxygen atoms in total. The van der Waals surface area contributed by atoms with Gasteiger partial charge in [0.15, 0.2) is 0 Å². The summed E-state index contributed by atoms with van der Waals surface area (Å²) in [6, 6.07) is 0.213. The number of rotatable bonds is 4. The van der Waals surface area contributed by atoms with Crippen LogP contribution in [-0.2, 0) is 9.59 Å². The lowest BCUT2D eigenvalue weighted by Gasteiger charge is -2.26. The fraction of sp³-hybridized carbons (Fsp3) is 0.667. The molecule has 0 aromatic rings. The van der Waals surface area contributed by atoms with Gasteiger partial charge in [-0.3, -0.25) is 4.79 Å². The summed E-state index contributed by atoms with van der Waals surface area (Å²) in [5.74, 6) is -0.596. The normalized spacial score (nSPS) is 24.8. The highest BCUT2D eigenvalue weighted by molar-refractivity contribution is 5.93. The largest absolute Gasteiger partial charge is 0.478 e. The van der Waals surface area contributed by atoms with Gasteiger partial charge in [0, 0.05) is 11.6 Å². The molecule has 0 radical (unpaired) electrons. The van der Waals surface area contributed by atoms with E-state index in [1.54, 1.807) is 0 Å². The van der Waals surface area contributed by atoms with E-state index < -0.39 is 5.97 Å². The molecule has 1 aliphatic rings. The lowest BCUT2D eigenvalue weighted by Crippen LogP contribution is -2.37. The molecule has 90 valence electrons. The van der Waals surface area contributed by atoms with Crippen LogP contribution in [0, 0.1) is 5.92 Å². The number of carbonyl (C=O) groups excluding carboxylic acids is 1. The summed E-state index contributed by atoms with van der Waals surface area (Å²) < 4.78 is 0. The second kappa shape index (κ2) is 5.68. The summed E-state index contributed by atoms with van der Waals surface area (Å²) in [4.78, 5) is 22.0. The van der Waals surface area contributed by atoms with Crippen molar-refractivity contribution in [3.05, 3.63) is 12.2 Å². The molecule has 0 saturated heterocycles. The zero-order valence-electron chi connectivity index (χ0n) is 9.66. The van der Waals surface area contributed by atoms with E-state index in [9.17, 15) is 9.59 Å². The van der Waals surface area contributed by atoms with E-state index in [1.165, 1.54) is 0 Å². The highest BCUT2D eigenvalue weighted by Crippen LogP contribution is 2.23. The number of amides is 1. The summed E-state index contributed by atoms with van der Waals surface area (Å²) in [5, 5.41) is 11.5. The van der Waals surface area contributed by atoms with Crippen molar-refractivity contribution in [2.45, 2.75) is 45.1 Å². The van der Waals surface area contributed by atoms with Crippen molar-refractivity contribution in [2.24, 2.45) is 5.92 Å². The van der Waals surface area contributed by atoms with Gasteiger partial charge in [0.25, 0.3) is 0 Å². The summed E-state index contributed by atoms with van der Waals surface area (Å²) in [7, 11) is 0. The van der Waals surface area contributed by atoms with Crippen LogP contribution >= 0.6 is 0 Å². The van der Waals surface area contributed by atoms with Crippen LogP contribution in [0.15, 0.2) is 12.2 Å². The lowest BCUT2D eigenvalue weighted by molar-refractivity contribution is -0.134. The van der Waals surface area contributed by atoms with Gasteiger partial charge in [-0.25, -0.2) is 4.79 Å². The number of hydrogen-bond acceptors (Lipinski definition) is 2. The first kappa shape index (κ1) is 12.7. The Morgan fingerprint density at radius 2 is 1.88 bits per heavy atom. The topological polar surface area (TPSA) is 66.4 Å². The van der Waals surface area contributed by atoms with Gasteiger partial charge < -0.3 is 10.4 Å². The molecule has 0 atom stereocenters. The van der Waals surface area contributed by atoms with Crippen molar-refractivity contribution in [1.29, 1.82) is 0 Å². The van der Waals surface area contributed by atoms with Gasteiger partial charge in [0.05, 0.1) is 6.42 Å². The second-order valence-corrected chi connectivity index (χ2v) is 4.61. The first-order valence-corrected chi connectivity index (χ1v) is 5.69. The third-order valence-electron chi connectivity index (χ3n) is 3.06. The first-order valence-electron chi connectivity index (χ1n) is 5.69. The molecule has 1 amide bonds. The minimum Gasteiger partial charge on any atom is -0.478 e. The van der Waals surface area contributed by atoms with Gasteiger partial charge in [-0.15, -0.1) is 0 Å². The number of hydrogen-bond donors (Lipinski definition) is 2. The number of carbonyl (C=O) groups is 2. The Morgan fingerprint density at radius 1 is 1.31 bits per heavy atom. The highest BCUT2D eigenvalue weighted by atomic mass is 16.4. The molecule has 1 fully saturated rings. The number of aliphatic carboxylic acids is 1. The molecule has 0 aromatic carbocycles. The smallest absolute Gasteiger partial charge is 0.331 e. The maximum Gasteiger partial charge on any atom is 0.331 e. The zero-order valence-corrected chi connectivity index (χ0v) is 9.66. The zero-order chi connectivity index (χ0) is 12.1. The molecular formula is C12H19NO3. The molecule has 0 aromatic heterocycles. The molecular weight excluding hydrogens is 206 g/mol. The fourth-order valence-electron chi connectivity index (χ4n) is 1.95. The van der Waals surface area contributed by atoms with Crippen LogP contribution in [0.5, 0.6) is 0 Å². The summed E-state index contributed by atoms with van der Waals surface area (Å²) in [5.41, 5.74) is -0.0540. The van der Waals surface area contributed by atoms with Crippen LogP contribution < -0.4 is 5.32 Å². The average Bonchev–Trinajstić information content (AvgIpc) is 2.21. The van der Waals surface area contributed by atoms with Crippen LogP contribution in [-0.4, -0.2) is 23.0 Å². The van der Waals surface area contributed by atoms with Crippen LogP contribution in [0.25, 0.3) is 0 Å². The van der Waals surface area contributed by atoms with E-state index in [-0.39, 0.29) is 23.9 Å². The van der Waals surface area contributed by atoms with Gasteiger partial charge >= 0.3 is 5.97 Å². The molecule has 0 bridgehead atoms. The Balaban J connectivity index is 2.29. The maximum atomic E-state index is 11.5. The Morgan fingerprint density at radius 3 is 2.38 bits per heavy atom. The predicted octanol–water partition coefficient (Wildman–Crippen LogP) is 1.71. The van der Waals surface area contributed by atoms with Gasteiger partial charge in [-0.2, -0.15) is 0 Å². The van der Waals surface area contributed by atoms with Crippen molar-refractivity contribution in [3.8, 4) is 0 Å². The third-order valence-corrected chi connectivity index (χ3v) is 3.06. The molecule has 0 unspecified atom stereocenters. The van der Waals surface area contributed by atoms with Crippen molar-refractivity contribution in [3.63, 3.8) is 0 Å². The predicted molar refractivity (Wildman–Crippen MR) is 61.0 cm³/mol. The average molecular weight is 225 g/mol. The fourth-order valence-corrected chi connectivity index (χ4v) is 1.95. The van der Waals surface area contributed by atoms with E-state index in [0.717, 1.165) is 31.6 Å². The van der Waals surface area contributed by atoms with E-state index in [4.69, 9.17) is 5.11 Å². The summed E-state index contributed by atoms with van der Waals surface area (Å²) in [6.07, 6.45) is 4.13. The molecule has 2 N–H and O–H groups in total. The molecule has 4 heteroatoms. The van der Waals surface area contributed by atoms with Gasteiger partial charge in [-0.05, 0) is 31.6 Å². The van der Waals surface area contributed by atoms with Crippen molar-refractivity contribution in [2.75, 3.05) is 0 Å². The van der Waals surface area contributed by atoms with Crippen molar-refractivity contribution < 1.29 is 14.7 Å². The minimum atomic E-state index is -1.10. The Labute approximate surface area is 95.7 Å². The number of nitrogens with one attached hydrogen (secondary N) is 1. The third kappa shape index (κ3) is 4.04. The van der Waals surface area contributed by atoms with Crippen molar-refractivity contribution in [1.82, 2.24) is 5.32 Å². The molecule has 0 spiro atoms. The van der Waals surface area contributed by atoms with E-state index in [1.807, 2.05) is 0 Å². The Bertz CT molecular complexity index is 291. The Kier molecular flexibility index (Phi) is 4.52. The van der Waals surface area contributed by atoms with Crippen LogP contribution in [0.1, 0.15) is 39.0 Å². The van der Waals surface area contributed by atoms with E-state index in [2.05, 4.69) is 18.8 Å². The molecule has 16 heavy (non-hydrogen) atoms. The van der Waals surface area contributed by atoms with Crippen LogP contribution in [0.3, 0.4) is 0 Å². The SMILES string of the molecule is C=C(CC(=O)N[C@H]1CC[C@H](C)CC1)C(=O)O. The lowest BCUT2D eigenvalue weighted by atomic mass is 9.87. The standard InChI is InChI=1S/C12H19NO3/c1-8-3-5-10(6-4-8)13-11(14)7-9(2)12(15)16/h8,10H,2-7H2,1H3,(H,13,14)(H,15,16)/t8-,10-. The summed E-state index contributed by atoms with van der Waals surface area (Å²) >= 11 is 0. The van der Waals surface area contributed by atoms with E-state index in [0.29, 0.717) is 0 Å². The quantitative estimate of drug-likeness (QED) is 0.716. The van der Waals surface area contributed by atoms with Gasteiger partial charge in [0.2, 0.25) is 5.91 Å². The monoisotopic (exact) mass is 225 g/mol. The molecule has 1 rings (SSSR count). The van der Waals surface area contributed by atoms with E-state index >= 15 is 0 Å². The number of carboxylic acid groups (broad SMARTS) is 1. The number of carboxylic acids is 1. The molecule has 0 heterocycles. The highest BCUT2D eigenvalue weighted by Gasteiger charge is 2.20. The van der Waals surface area contributed by atoms with Gasteiger partial charge in [-0.1, -0.05) is 13.5 Å². The maximum absolute atomic E-state index is 11.5. The molecule has 0 aliphatic heterocycles. The van der Waals surface area contributed by atoms with Gasteiger partial charge in [0.1, 0.15) is 0 Å². The first-order chi connectivity index (χ1) is 7.49. The van der Waals surface area contributed by atoms with Crippen LogP contribution in [0.4, 0.5) is 0 Å². The second-order valence-electron chi connectivity index (χ2n) is 4.61. The molecule has 1 saturated carbocycles. The van der Waals surface area contributed by atoms with Crippen molar-refractivity contribution >= 4 is 11.9 Å². The molecule has 1 aliphatic carbocycles. The Hall–Kier alpha value is -1.32. The van der Waals surface area contributed by atoms with Crippen LogP contribution in [0.2, 0.25) is 0 Å².